The molecule has 1 heterocycles. The molecule has 1 N–H and O–H groups in total. The number of para-hydroxylation sites is 1. The Bertz CT molecular complexity index is 1240. The third-order valence-corrected chi connectivity index (χ3v) is 5.23. The monoisotopic (exact) mass is 408 g/mol. The summed E-state index contributed by atoms with van der Waals surface area (Å²) < 4.78 is 0. The molecule has 154 valence electrons. The van der Waals surface area contributed by atoms with E-state index in [1.54, 1.807) is 6.08 Å². The number of benzene rings is 3. The van der Waals surface area contributed by atoms with Crippen LogP contribution in [-0.4, -0.2) is 22.3 Å². The minimum absolute atomic E-state index is 0.118. The van der Waals surface area contributed by atoms with Crippen LogP contribution in [0.1, 0.15) is 16.7 Å². The largest absolute Gasteiger partial charge is 0.335 e. The summed E-state index contributed by atoms with van der Waals surface area (Å²) in [6, 6.07) is 29.5. The highest BCUT2D eigenvalue weighted by Gasteiger charge is 2.12. The molecule has 0 aliphatic carbocycles. The molecule has 1 aromatic heterocycles. The van der Waals surface area contributed by atoms with Gasteiger partial charge in [-0.2, -0.15) is 0 Å². The molecule has 3 aromatic carbocycles. The third kappa shape index (κ3) is 5.37. The molecule has 31 heavy (non-hydrogen) atoms. The van der Waals surface area contributed by atoms with E-state index in [0.29, 0.717) is 18.7 Å². The summed E-state index contributed by atoms with van der Waals surface area (Å²) in [5.41, 5.74) is 3.30. The van der Waals surface area contributed by atoms with Gasteiger partial charge in [0.05, 0.1) is 0 Å². The van der Waals surface area contributed by atoms with E-state index in [-0.39, 0.29) is 11.5 Å². The van der Waals surface area contributed by atoms with Crippen molar-refractivity contribution in [2.75, 3.05) is 6.54 Å². The number of nitrogens with one attached hydrogen (secondary N) is 1. The van der Waals surface area contributed by atoms with Gasteiger partial charge < -0.3 is 9.88 Å². The van der Waals surface area contributed by atoms with Crippen LogP contribution in [0, 0.1) is 0 Å². The molecule has 0 saturated heterocycles. The van der Waals surface area contributed by atoms with Crippen LogP contribution >= 0.6 is 0 Å². The van der Waals surface area contributed by atoms with Crippen LogP contribution in [-0.2, 0) is 17.8 Å². The van der Waals surface area contributed by atoms with E-state index in [1.807, 2.05) is 83.8 Å². The van der Waals surface area contributed by atoms with E-state index >= 15 is 0 Å². The zero-order valence-corrected chi connectivity index (χ0v) is 17.2. The number of fused-ring (bicyclic) bond motifs is 1. The highest BCUT2D eigenvalue weighted by atomic mass is 16.2. The van der Waals surface area contributed by atoms with Gasteiger partial charge >= 0.3 is 0 Å². The van der Waals surface area contributed by atoms with Gasteiger partial charge in [0.15, 0.2) is 0 Å². The average molecular weight is 409 g/mol. The van der Waals surface area contributed by atoms with Crippen molar-refractivity contribution in [1.29, 1.82) is 0 Å². The lowest BCUT2D eigenvalue weighted by atomic mass is 10.1. The van der Waals surface area contributed by atoms with E-state index in [4.69, 9.17) is 0 Å². The Hall–Kier alpha value is -3.92. The fourth-order valence-electron chi connectivity index (χ4n) is 3.53. The Morgan fingerprint density at radius 3 is 2.23 bits per heavy atom. The maximum absolute atomic E-state index is 13.0. The summed E-state index contributed by atoms with van der Waals surface area (Å²) >= 11 is 0. The molecule has 0 fully saturated rings. The fraction of sp³-hybridized carbons (Fsp3) is 0.111. The molecule has 0 spiro atoms. The summed E-state index contributed by atoms with van der Waals surface area (Å²) in [5, 5.41) is 0.930. The number of carbonyl (C=O) groups is 1. The van der Waals surface area contributed by atoms with Crippen LogP contribution in [0.2, 0.25) is 0 Å². The molecule has 4 nitrogen and oxygen atoms in total. The second kappa shape index (κ2) is 9.72. The fourth-order valence-corrected chi connectivity index (χ4v) is 3.53. The minimum atomic E-state index is -0.207. The minimum Gasteiger partial charge on any atom is -0.335 e. The van der Waals surface area contributed by atoms with Crippen LogP contribution in [0.25, 0.3) is 17.0 Å². The Morgan fingerprint density at radius 1 is 0.839 bits per heavy atom. The lowest BCUT2D eigenvalue weighted by Crippen LogP contribution is -2.31. The molecular weight excluding hydrogens is 384 g/mol. The van der Waals surface area contributed by atoms with Gasteiger partial charge in [-0.15, -0.1) is 0 Å². The maximum Gasteiger partial charge on any atom is 0.255 e. The molecular formula is C27H24N2O2. The first-order chi connectivity index (χ1) is 15.2. The van der Waals surface area contributed by atoms with E-state index in [0.717, 1.165) is 22.9 Å². The van der Waals surface area contributed by atoms with Gasteiger partial charge in [-0.1, -0.05) is 78.9 Å². The number of nitrogens with zero attached hydrogens (tertiary/aromatic N) is 1. The Kier molecular flexibility index (Phi) is 6.38. The van der Waals surface area contributed by atoms with Crippen molar-refractivity contribution >= 4 is 22.9 Å². The highest BCUT2D eigenvalue weighted by Crippen LogP contribution is 2.12. The van der Waals surface area contributed by atoms with Crippen molar-refractivity contribution in [2.24, 2.45) is 0 Å². The van der Waals surface area contributed by atoms with Gasteiger partial charge in [0.2, 0.25) is 5.91 Å². The molecule has 4 aromatic rings. The molecule has 0 unspecified atom stereocenters. The van der Waals surface area contributed by atoms with Crippen LogP contribution in [0.3, 0.4) is 0 Å². The van der Waals surface area contributed by atoms with Crippen molar-refractivity contribution < 1.29 is 4.79 Å². The van der Waals surface area contributed by atoms with Gasteiger partial charge in [0.1, 0.15) is 0 Å². The Morgan fingerprint density at radius 2 is 1.48 bits per heavy atom. The van der Waals surface area contributed by atoms with Crippen molar-refractivity contribution in [3.05, 3.63) is 124 Å². The molecule has 0 aliphatic heterocycles. The second-order valence-corrected chi connectivity index (χ2v) is 7.46. The van der Waals surface area contributed by atoms with Crippen LogP contribution in [0.5, 0.6) is 0 Å². The molecule has 0 saturated carbocycles. The number of H-pyrrole nitrogens is 1. The molecule has 4 heteroatoms. The van der Waals surface area contributed by atoms with Crippen LogP contribution < -0.4 is 5.56 Å². The second-order valence-electron chi connectivity index (χ2n) is 7.46. The zero-order chi connectivity index (χ0) is 21.5. The summed E-state index contributed by atoms with van der Waals surface area (Å²) in [6.45, 7) is 1.11. The molecule has 1 amide bonds. The van der Waals surface area contributed by atoms with Crippen LogP contribution in [0.15, 0.2) is 102 Å². The van der Waals surface area contributed by atoms with Crippen molar-refractivity contribution in [3.8, 4) is 0 Å². The van der Waals surface area contributed by atoms with Gasteiger partial charge in [-0.3, -0.25) is 9.59 Å². The van der Waals surface area contributed by atoms with Gasteiger partial charge in [-0.25, -0.2) is 0 Å². The zero-order valence-electron chi connectivity index (χ0n) is 17.2. The number of hydrogen-bond donors (Lipinski definition) is 1. The predicted octanol–water partition coefficient (Wildman–Crippen LogP) is 4.81. The molecule has 0 radical (unpaired) electrons. The number of hydrogen-bond acceptors (Lipinski definition) is 2. The van der Waals surface area contributed by atoms with E-state index in [1.165, 1.54) is 11.6 Å². The number of amides is 1. The number of rotatable bonds is 7. The first-order valence-electron chi connectivity index (χ1n) is 10.4. The molecule has 4 rings (SSSR count). The highest BCUT2D eigenvalue weighted by molar-refractivity contribution is 5.92. The lowest BCUT2D eigenvalue weighted by Gasteiger charge is -2.21. The number of aromatic amines is 1. The number of pyridine rings is 1. The Balaban J connectivity index is 1.54. The van der Waals surface area contributed by atoms with E-state index in [9.17, 15) is 9.59 Å². The van der Waals surface area contributed by atoms with Gasteiger partial charge in [0, 0.05) is 30.2 Å². The molecule has 0 aliphatic rings. The van der Waals surface area contributed by atoms with Crippen molar-refractivity contribution in [2.45, 2.75) is 13.0 Å². The number of aromatic nitrogens is 1. The normalized spacial score (nSPS) is 11.1. The first-order valence-corrected chi connectivity index (χ1v) is 10.4. The quantitative estimate of drug-likeness (QED) is 0.446. The smallest absolute Gasteiger partial charge is 0.255 e. The number of carbonyl (C=O) groups excluding carboxylic acids is 1. The predicted molar refractivity (Wildman–Crippen MR) is 126 cm³/mol. The van der Waals surface area contributed by atoms with Crippen molar-refractivity contribution in [1.82, 2.24) is 9.88 Å². The molecule has 0 bridgehead atoms. The van der Waals surface area contributed by atoms with E-state index < -0.39 is 0 Å². The van der Waals surface area contributed by atoms with Crippen molar-refractivity contribution in [3.63, 3.8) is 0 Å². The third-order valence-electron chi connectivity index (χ3n) is 5.23. The van der Waals surface area contributed by atoms with Crippen LogP contribution in [0.4, 0.5) is 0 Å². The first kappa shape index (κ1) is 20.4. The van der Waals surface area contributed by atoms with Gasteiger partial charge in [-0.05, 0) is 41.1 Å². The summed E-state index contributed by atoms with van der Waals surface area (Å²) in [4.78, 5) is 30.1. The molecule has 0 atom stereocenters. The summed E-state index contributed by atoms with van der Waals surface area (Å²) in [7, 11) is 0. The summed E-state index contributed by atoms with van der Waals surface area (Å²) in [5.74, 6) is -0.118. The maximum atomic E-state index is 13.0. The summed E-state index contributed by atoms with van der Waals surface area (Å²) in [6.07, 6.45) is 3.87. The topological polar surface area (TPSA) is 53.2 Å². The Labute approximate surface area is 181 Å². The average Bonchev–Trinajstić information content (AvgIpc) is 2.81. The van der Waals surface area contributed by atoms with Gasteiger partial charge in [0.25, 0.3) is 5.56 Å². The lowest BCUT2D eigenvalue weighted by molar-refractivity contribution is -0.126. The van der Waals surface area contributed by atoms with E-state index in [2.05, 4.69) is 17.1 Å². The standard InChI is InChI=1S/C27H24N2O2/c30-26(16-15-24-19-23-13-7-8-14-25(23)28-27(24)31)29(20-22-11-5-2-6-12-22)18-17-21-9-3-1-4-10-21/h1-16,19H,17-18,20H2,(H,28,31)/b16-15+. The SMILES string of the molecule is O=C(/C=C/c1cc2ccccc2[nH]c1=O)N(CCc1ccccc1)Cc1ccccc1.